The van der Waals surface area contributed by atoms with E-state index in [0.717, 1.165) is 0 Å². The van der Waals surface area contributed by atoms with E-state index in [2.05, 4.69) is 15.9 Å². The normalized spacial score (nSPS) is 20.3. The molecule has 92 valence electrons. The van der Waals surface area contributed by atoms with Crippen molar-refractivity contribution in [1.29, 1.82) is 0 Å². The summed E-state index contributed by atoms with van der Waals surface area (Å²) in [5.41, 5.74) is 5.23. The van der Waals surface area contributed by atoms with Crippen LogP contribution in [-0.2, 0) is 9.53 Å². The van der Waals surface area contributed by atoms with Crippen molar-refractivity contribution in [3.8, 4) is 0 Å². The third-order valence-corrected chi connectivity index (χ3v) is 2.93. The molecule has 2 N–H and O–H groups in total. The lowest BCUT2D eigenvalue weighted by Gasteiger charge is -2.32. The highest BCUT2D eigenvalue weighted by Gasteiger charge is 2.33. The number of morpholine rings is 1. The van der Waals surface area contributed by atoms with Gasteiger partial charge in [0, 0.05) is 6.54 Å². The van der Waals surface area contributed by atoms with Crippen molar-refractivity contribution >= 4 is 27.7 Å². The molecule has 6 nitrogen and oxygen atoms in total. The first-order chi connectivity index (χ1) is 8.09. The Morgan fingerprint density at radius 1 is 1.47 bits per heavy atom. The van der Waals surface area contributed by atoms with Crippen molar-refractivity contribution < 1.29 is 18.7 Å². The van der Waals surface area contributed by atoms with E-state index in [4.69, 9.17) is 14.9 Å². The molecule has 1 atom stereocenters. The van der Waals surface area contributed by atoms with Gasteiger partial charge in [0.1, 0.15) is 6.04 Å². The maximum absolute atomic E-state index is 12.1. The number of primary amides is 1. The molecule has 1 saturated heterocycles. The van der Waals surface area contributed by atoms with Crippen LogP contribution < -0.4 is 5.73 Å². The molecule has 1 unspecified atom stereocenters. The number of furan rings is 1. The quantitative estimate of drug-likeness (QED) is 0.855. The number of carbonyl (C=O) groups excluding carboxylic acids is 2. The Morgan fingerprint density at radius 3 is 2.82 bits per heavy atom. The fourth-order valence-corrected chi connectivity index (χ4v) is 1.96. The zero-order valence-corrected chi connectivity index (χ0v) is 10.5. The SMILES string of the molecule is NC(=O)C1COCCN1C(=O)c1ccc(Br)o1. The topological polar surface area (TPSA) is 85.8 Å². The van der Waals surface area contributed by atoms with Crippen LogP contribution in [-0.4, -0.2) is 42.5 Å². The van der Waals surface area contributed by atoms with Crippen LogP contribution in [0.25, 0.3) is 0 Å². The molecule has 0 aromatic carbocycles. The lowest BCUT2D eigenvalue weighted by molar-refractivity contribution is -0.127. The van der Waals surface area contributed by atoms with E-state index in [-0.39, 0.29) is 18.3 Å². The van der Waals surface area contributed by atoms with E-state index in [1.165, 1.54) is 4.90 Å². The number of amides is 2. The van der Waals surface area contributed by atoms with Gasteiger partial charge in [0.25, 0.3) is 5.91 Å². The summed E-state index contributed by atoms with van der Waals surface area (Å²) in [4.78, 5) is 24.7. The van der Waals surface area contributed by atoms with E-state index in [0.29, 0.717) is 17.8 Å². The Bertz CT molecular complexity index is 445. The van der Waals surface area contributed by atoms with E-state index in [1.54, 1.807) is 12.1 Å². The zero-order chi connectivity index (χ0) is 12.4. The number of hydrogen-bond acceptors (Lipinski definition) is 4. The first kappa shape index (κ1) is 12.1. The van der Waals surface area contributed by atoms with E-state index in [1.807, 2.05) is 0 Å². The average Bonchev–Trinajstić information content (AvgIpc) is 2.75. The smallest absolute Gasteiger partial charge is 0.290 e. The van der Waals surface area contributed by atoms with E-state index >= 15 is 0 Å². The van der Waals surface area contributed by atoms with Crippen LogP contribution >= 0.6 is 15.9 Å². The van der Waals surface area contributed by atoms with Gasteiger partial charge in [-0.25, -0.2) is 0 Å². The predicted octanol–water partition coefficient (Wildman–Crippen LogP) is 0.368. The van der Waals surface area contributed by atoms with Gasteiger partial charge in [-0.3, -0.25) is 9.59 Å². The molecule has 0 spiro atoms. The van der Waals surface area contributed by atoms with Gasteiger partial charge < -0.3 is 19.8 Å². The van der Waals surface area contributed by atoms with Crippen LogP contribution in [0.4, 0.5) is 0 Å². The molecular formula is C10H11BrN2O4. The number of rotatable bonds is 2. The molecule has 1 aliphatic heterocycles. The summed E-state index contributed by atoms with van der Waals surface area (Å²) in [7, 11) is 0. The molecular weight excluding hydrogens is 292 g/mol. The van der Waals surface area contributed by atoms with Crippen molar-refractivity contribution in [1.82, 2.24) is 4.90 Å². The molecule has 2 rings (SSSR count). The summed E-state index contributed by atoms with van der Waals surface area (Å²) in [6.45, 7) is 0.838. The Labute approximate surface area is 106 Å². The molecule has 2 amide bonds. The molecule has 0 radical (unpaired) electrons. The van der Waals surface area contributed by atoms with E-state index < -0.39 is 11.9 Å². The molecule has 7 heteroatoms. The summed E-state index contributed by atoms with van der Waals surface area (Å²) in [5.74, 6) is -0.767. The third-order valence-electron chi connectivity index (χ3n) is 2.50. The van der Waals surface area contributed by atoms with Crippen molar-refractivity contribution in [2.24, 2.45) is 5.73 Å². The molecule has 1 aromatic heterocycles. The Balaban J connectivity index is 2.19. The molecule has 2 heterocycles. The molecule has 1 aromatic rings. The van der Waals surface area contributed by atoms with Crippen molar-refractivity contribution in [3.63, 3.8) is 0 Å². The van der Waals surface area contributed by atoms with Gasteiger partial charge in [-0.2, -0.15) is 0 Å². The highest BCUT2D eigenvalue weighted by atomic mass is 79.9. The van der Waals surface area contributed by atoms with Gasteiger partial charge in [0.05, 0.1) is 13.2 Å². The lowest BCUT2D eigenvalue weighted by Crippen LogP contribution is -2.54. The Morgan fingerprint density at radius 2 is 2.24 bits per heavy atom. The summed E-state index contributed by atoms with van der Waals surface area (Å²) in [6.07, 6.45) is 0. The second kappa shape index (κ2) is 4.89. The van der Waals surface area contributed by atoms with Crippen molar-refractivity contribution in [2.45, 2.75) is 6.04 Å². The first-order valence-electron chi connectivity index (χ1n) is 5.03. The second-order valence-electron chi connectivity index (χ2n) is 3.60. The predicted molar refractivity (Wildman–Crippen MR) is 61.2 cm³/mol. The summed E-state index contributed by atoms with van der Waals surface area (Å²) >= 11 is 3.11. The monoisotopic (exact) mass is 302 g/mol. The molecule has 0 aliphatic carbocycles. The first-order valence-corrected chi connectivity index (χ1v) is 5.82. The fourth-order valence-electron chi connectivity index (χ4n) is 1.65. The van der Waals surface area contributed by atoms with Gasteiger partial charge in [-0.15, -0.1) is 0 Å². The van der Waals surface area contributed by atoms with Crippen LogP contribution in [0.1, 0.15) is 10.6 Å². The highest BCUT2D eigenvalue weighted by Crippen LogP contribution is 2.18. The largest absolute Gasteiger partial charge is 0.444 e. The fraction of sp³-hybridized carbons (Fsp3) is 0.400. The van der Waals surface area contributed by atoms with Gasteiger partial charge in [0.2, 0.25) is 5.91 Å². The number of nitrogens with zero attached hydrogens (tertiary/aromatic N) is 1. The second-order valence-corrected chi connectivity index (χ2v) is 4.38. The number of hydrogen-bond donors (Lipinski definition) is 1. The molecule has 0 saturated carbocycles. The minimum atomic E-state index is -0.736. The van der Waals surface area contributed by atoms with Gasteiger partial charge in [-0.1, -0.05) is 0 Å². The highest BCUT2D eigenvalue weighted by molar-refractivity contribution is 9.10. The number of halogens is 1. The van der Waals surface area contributed by atoms with Crippen LogP contribution in [0.3, 0.4) is 0 Å². The summed E-state index contributed by atoms with van der Waals surface area (Å²) in [5, 5.41) is 0. The Kier molecular flexibility index (Phi) is 3.49. The van der Waals surface area contributed by atoms with Gasteiger partial charge in [0.15, 0.2) is 10.4 Å². The maximum atomic E-state index is 12.1. The maximum Gasteiger partial charge on any atom is 0.290 e. The van der Waals surface area contributed by atoms with Crippen LogP contribution in [0.5, 0.6) is 0 Å². The van der Waals surface area contributed by atoms with Crippen LogP contribution in [0, 0.1) is 0 Å². The van der Waals surface area contributed by atoms with Crippen LogP contribution in [0.2, 0.25) is 0 Å². The molecule has 1 fully saturated rings. The molecule has 0 bridgehead atoms. The van der Waals surface area contributed by atoms with Crippen molar-refractivity contribution in [2.75, 3.05) is 19.8 Å². The lowest BCUT2D eigenvalue weighted by atomic mass is 10.2. The van der Waals surface area contributed by atoms with Gasteiger partial charge in [-0.05, 0) is 28.1 Å². The standard InChI is InChI=1S/C10H11BrN2O4/c11-8-2-1-7(17-8)10(15)13-3-4-16-5-6(13)9(12)14/h1-2,6H,3-5H2,(H2,12,14). The Hall–Kier alpha value is -1.34. The number of nitrogens with two attached hydrogens (primary N) is 1. The average molecular weight is 303 g/mol. The van der Waals surface area contributed by atoms with Crippen LogP contribution in [0.15, 0.2) is 21.2 Å². The number of carbonyl (C=O) groups is 2. The minimum absolute atomic E-state index is 0.128. The summed E-state index contributed by atoms with van der Waals surface area (Å²) < 4.78 is 10.8. The minimum Gasteiger partial charge on any atom is -0.444 e. The summed E-state index contributed by atoms with van der Waals surface area (Å²) in [6, 6.07) is 2.42. The van der Waals surface area contributed by atoms with E-state index in [9.17, 15) is 9.59 Å². The number of ether oxygens (including phenoxy) is 1. The van der Waals surface area contributed by atoms with Crippen molar-refractivity contribution in [3.05, 3.63) is 22.6 Å². The zero-order valence-electron chi connectivity index (χ0n) is 8.89. The van der Waals surface area contributed by atoms with Gasteiger partial charge >= 0.3 is 0 Å². The molecule has 1 aliphatic rings. The molecule has 17 heavy (non-hydrogen) atoms. The third kappa shape index (κ3) is 2.50.